The largest absolute Gasteiger partial charge is 0.493 e. The fourth-order valence-electron chi connectivity index (χ4n) is 2.01. The number of ether oxygens (including phenoxy) is 3. The molecule has 1 rings (SSSR count). The predicted octanol–water partition coefficient (Wildman–Crippen LogP) is 3.60. The van der Waals surface area contributed by atoms with E-state index in [0.717, 1.165) is 11.3 Å². The number of amides is 1. The summed E-state index contributed by atoms with van der Waals surface area (Å²) in [5, 5.41) is 0. The molecule has 8 heteroatoms. The minimum atomic E-state index is -2.62. The van der Waals surface area contributed by atoms with Crippen molar-refractivity contribution in [2.45, 2.75) is 19.8 Å². The molecule has 0 atom stereocenters. The summed E-state index contributed by atoms with van der Waals surface area (Å²) >= 11 is 3.34. The van der Waals surface area contributed by atoms with Crippen molar-refractivity contribution in [3.8, 4) is 11.5 Å². The molecule has 5 nitrogen and oxygen atoms in total. The molecule has 136 valence electrons. The van der Waals surface area contributed by atoms with E-state index in [9.17, 15) is 13.6 Å². The summed E-state index contributed by atoms with van der Waals surface area (Å²) in [4.78, 5) is 13.6. The molecule has 1 aromatic rings. The normalized spacial score (nSPS) is 10.8. The highest BCUT2D eigenvalue weighted by molar-refractivity contribution is 9.10. The van der Waals surface area contributed by atoms with Gasteiger partial charge in [-0.05, 0) is 34.5 Å². The molecule has 24 heavy (non-hydrogen) atoms. The molecule has 0 N–H and O–H groups in total. The van der Waals surface area contributed by atoms with Gasteiger partial charge >= 0.3 is 0 Å². The molecule has 0 saturated carbocycles. The van der Waals surface area contributed by atoms with Crippen LogP contribution in [-0.2, 0) is 4.74 Å². The number of nitrogens with zero attached hydrogens (tertiary/aromatic N) is 1. The molecule has 0 spiro atoms. The maximum absolute atomic E-state index is 12.7. The highest BCUT2D eigenvalue weighted by Gasteiger charge is 2.22. The monoisotopic (exact) mass is 409 g/mol. The summed E-state index contributed by atoms with van der Waals surface area (Å²) in [6.07, 6.45) is -1.81. The number of hydrogen-bond donors (Lipinski definition) is 0. The van der Waals surface area contributed by atoms with Gasteiger partial charge < -0.3 is 19.1 Å². The number of alkyl halides is 2. The van der Waals surface area contributed by atoms with Gasteiger partial charge in [-0.25, -0.2) is 8.78 Å². The number of methoxy groups -OCH3 is 2. The number of carbonyl (C=O) groups excluding carboxylic acids is 1. The van der Waals surface area contributed by atoms with Crippen LogP contribution in [0.25, 0.3) is 0 Å². The number of rotatable bonds is 10. The topological polar surface area (TPSA) is 48.0 Å². The zero-order chi connectivity index (χ0) is 18.1. The molecule has 0 radical (unpaired) electrons. The van der Waals surface area contributed by atoms with Crippen molar-refractivity contribution in [3.63, 3.8) is 0 Å². The molecule has 0 bridgehead atoms. The number of benzene rings is 1. The van der Waals surface area contributed by atoms with E-state index < -0.39 is 18.9 Å². The Labute approximate surface area is 149 Å². The van der Waals surface area contributed by atoms with Crippen LogP contribution in [0.5, 0.6) is 11.5 Å². The Kier molecular flexibility index (Phi) is 8.99. The van der Waals surface area contributed by atoms with Crippen molar-refractivity contribution in [2.75, 3.05) is 40.5 Å². The van der Waals surface area contributed by atoms with E-state index in [1.165, 1.54) is 20.3 Å². The summed E-state index contributed by atoms with van der Waals surface area (Å²) in [6.45, 7) is 2.06. The summed E-state index contributed by atoms with van der Waals surface area (Å²) in [5.41, 5.74) is 0.235. The average molecular weight is 410 g/mol. The first-order valence-electron chi connectivity index (χ1n) is 7.51. The van der Waals surface area contributed by atoms with E-state index >= 15 is 0 Å². The van der Waals surface area contributed by atoms with Gasteiger partial charge in [-0.15, -0.1) is 0 Å². The fraction of sp³-hybridized carbons (Fsp3) is 0.562. The van der Waals surface area contributed by atoms with Crippen LogP contribution < -0.4 is 9.47 Å². The van der Waals surface area contributed by atoms with E-state index in [2.05, 4.69) is 15.9 Å². The van der Waals surface area contributed by atoms with Gasteiger partial charge in [-0.2, -0.15) is 0 Å². The summed E-state index contributed by atoms with van der Waals surface area (Å²) in [5.74, 6) is 0.325. The number of carbonyl (C=O) groups is 1. The molecule has 0 aliphatic carbocycles. The minimum Gasteiger partial charge on any atom is -0.493 e. The zero-order valence-electron chi connectivity index (χ0n) is 14.0. The molecular weight excluding hydrogens is 388 g/mol. The molecule has 0 fully saturated rings. The zero-order valence-corrected chi connectivity index (χ0v) is 15.6. The molecule has 0 aromatic heterocycles. The quantitative estimate of drug-likeness (QED) is 0.592. The first-order chi connectivity index (χ1) is 11.4. The summed E-state index contributed by atoms with van der Waals surface area (Å²) in [6, 6.07) is 3.03. The molecule has 1 amide bonds. The predicted molar refractivity (Wildman–Crippen MR) is 90.3 cm³/mol. The molecular formula is C16H22BrF2NO4. The van der Waals surface area contributed by atoms with Crippen molar-refractivity contribution in [1.29, 1.82) is 0 Å². The Hall–Kier alpha value is -1.41. The SMILES string of the molecule is CCCOc1c(Br)cc(C(=O)N(CCOC)CC(F)F)cc1OC. The van der Waals surface area contributed by atoms with Crippen LogP contribution in [0.4, 0.5) is 8.78 Å². The third-order valence-corrected chi connectivity index (χ3v) is 3.73. The first kappa shape index (κ1) is 20.6. The Morgan fingerprint density at radius 2 is 2.00 bits per heavy atom. The van der Waals surface area contributed by atoms with Gasteiger partial charge in [0.25, 0.3) is 12.3 Å². The number of hydrogen-bond acceptors (Lipinski definition) is 4. The lowest BCUT2D eigenvalue weighted by atomic mass is 10.1. The second kappa shape index (κ2) is 10.5. The Morgan fingerprint density at radius 3 is 2.54 bits per heavy atom. The van der Waals surface area contributed by atoms with Crippen LogP contribution in [0, 0.1) is 0 Å². The molecule has 0 saturated heterocycles. The second-order valence-corrected chi connectivity index (χ2v) is 5.83. The van der Waals surface area contributed by atoms with Gasteiger partial charge in [0.05, 0.1) is 31.3 Å². The van der Waals surface area contributed by atoms with Gasteiger partial charge in [0.15, 0.2) is 11.5 Å². The molecule has 0 unspecified atom stereocenters. The van der Waals surface area contributed by atoms with E-state index in [0.29, 0.717) is 22.6 Å². The van der Waals surface area contributed by atoms with Gasteiger partial charge in [0.1, 0.15) is 0 Å². The second-order valence-electron chi connectivity index (χ2n) is 4.97. The lowest BCUT2D eigenvalue weighted by molar-refractivity contribution is 0.0477. The van der Waals surface area contributed by atoms with Crippen LogP contribution in [0.1, 0.15) is 23.7 Å². The maximum atomic E-state index is 12.7. The van der Waals surface area contributed by atoms with Gasteiger partial charge in [0, 0.05) is 19.2 Å². The van der Waals surface area contributed by atoms with E-state index in [1.807, 2.05) is 6.92 Å². The van der Waals surface area contributed by atoms with E-state index in [-0.39, 0.29) is 18.7 Å². The van der Waals surface area contributed by atoms with Gasteiger partial charge in [-0.3, -0.25) is 4.79 Å². The lowest BCUT2D eigenvalue weighted by Gasteiger charge is -2.23. The summed E-state index contributed by atoms with van der Waals surface area (Å²) in [7, 11) is 2.90. The number of halogens is 3. The van der Waals surface area contributed by atoms with Gasteiger partial charge in [0.2, 0.25) is 0 Å². The molecule has 0 heterocycles. The Morgan fingerprint density at radius 1 is 1.29 bits per heavy atom. The third-order valence-electron chi connectivity index (χ3n) is 3.14. The van der Waals surface area contributed by atoms with Crippen LogP contribution in [0.3, 0.4) is 0 Å². The third kappa shape index (κ3) is 5.90. The highest BCUT2D eigenvalue weighted by Crippen LogP contribution is 2.37. The molecule has 1 aromatic carbocycles. The molecule has 0 aliphatic heterocycles. The smallest absolute Gasteiger partial charge is 0.255 e. The van der Waals surface area contributed by atoms with Crippen molar-refractivity contribution in [1.82, 2.24) is 4.90 Å². The Bertz CT molecular complexity index is 543. The first-order valence-corrected chi connectivity index (χ1v) is 8.30. The van der Waals surface area contributed by atoms with Gasteiger partial charge in [-0.1, -0.05) is 6.92 Å². The average Bonchev–Trinajstić information content (AvgIpc) is 2.55. The summed E-state index contributed by atoms with van der Waals surface area (Å²) < 4.78 is 41.7. The standard InChI is InChI=1S/C16H22BrF2NO4/c1-4-6-24-15-12(17)8-11(9-13(15)23-3)16(21)20(5-7-22-2)10-14(18)19/h8-9,14H,4-7,10H2,1-3H3. The van der Waals surface area contributed by atoms with E-state index in [1.54, 1.807) is 6.07 Å². The Balaban J connectivity index is 3.08. The fourth-order valence-corrected chi connectivity index (χ4v) is 2.57. The van der Waals surface area contributed by atoms with Crippen molar-refractivity contribution < 1.29 is 27.8 Å². The maximum Gasteiger partial charge on any atom is 0.255 e. The van der Waals surface area contributed by atoms with Crippen LogP contribution in [0.2, 0.25) is 0 Å². The van der Waals surface area contributed by atoms with Crippen LogP contribution in [-0.4, -0.2) is 57.8 Å². The van der Waals surface area contributed by atoms with Crippen LogP contribution in [0.15, 0.2) is 16.6 Å². The van der Waals surface area contributed by atoms with Crippen molar-refractivity contribution in [2.24, 2.45) is 0 Å². The van der Waals surface area contributed by atoms with Crippen molar-refractivity contribution in [3.05, 3.63) is 22.2 Å². The minimum absolute atomic E-state index is 0.0771. The van der Waals surface area contributed by atoms with Crippen LogP contribution >= 0.6 is 15.9 Å². The lowest BCUT2D eigenvalue weighted by Crippen LogP contribution is -2.37. The van der Waals surface area contributed by atoms with E-state index in [4.69, 9.17) is 14.2 Å². The molecule has 0 aliphatic rings. The van der Waals surface area contributed by atoms with Crippen molar-refractivity contribution >= 4 is 21.8 Å². The highest BCUT2D eigenvalue weighted by atomic mass is 79.9.